The summed E-state index contributed by atoms with van der Waals surface area (Å²) in [6, 6.07) is 6.52. The number of benzene rings is 2. The molecule has 1 N–H and O–H groups in total. The van der Waals surface area contributed by atoms with Crippen molar-refractivity contribution in [3.05, 3.63) is 63.0 Å². The van der Waals surface area contributed by atoms with Gasteiger partial charge >= 0.3 is 0 Å². The van der Waals surface area contributed by atoms with Gasteiger partial charge in [0.25, 0.3) is 0 Å². The van der Waals surface area contributed by atoms with Gasteiger partial charge < -0.3 is 0 Å². The van der Waals surface area contributed by atoms with E-state index in [0.29, 0.717) is 39.4 Å². The van der Waals surface area contributed by atoms with Crippen LogP contribution in [0.1, 0.15) is 29.5 Å². The predicted molar refractivity (Wildman–Crippen MR) is 109 cm³/mol. The van der Waals surface area contributed by atoms with Gasteiger partial charge in [0.15, 0.2) is 5.82 Å². The molecule has 1 saturated carbocycles. The number of hydrogen-bond donors (Lipinski definition) is 1. The van der Waals surface area contributed by atoms with E-state index in [1.807, 2.05) is 0 Å². The van der Waals surface area contributed by atoms with E-state index >= 15 is 4.39 Å². The topological polar surface area (TPSA) is 72.0 Å². The predicted octanol–water partition coefficient (Wildman–Crippen LogP) is 4.88. The van der Waals surface area contributed by atoms with Crippen molar-refractivity contribution in [2.75, 3.05) is 4.72 Å². The van der Waals surface area contributed by atoms with Crippen molar-refractivity contribution in [1.29, 1.82) is 0 Å². The third-order valence-electron chi connectivity index (χ3n) is 4.77. The fraction of sp³-hybridized carbons (Fsp3) is 0.263. The number of rotatable bonds is 5. The molecule has 0 spiro atoms. The lowest BCUT2D eigenvalue weighted by Gasteiger charge is -2.16. The van der Waals surface area contributed by atoms with Crippen molar-refractivity contribution in [2.24, 2.45) is 0 Å². The maximum Gasteiger partial charge on any atom is 0.235 e. The molecule has 0 aliphatic heterocycles. The van der Waals surface area contributed by atoms with Gasteiger partial charge in [-0.1, -0.05) is 29.3 Å². The first kappa shape index (κ1) is 19.4. The first-order valence-corrected chi connectivity index (χ1v) is 11.0. The Balaban J connectivity index is 1.88. The minimum Gasteiger partial charge on any atom is -0.283 e. The lowest BCUT2D eigenvalue weighted by atomic mass is 9.99. The lowest BCUT2D eigenvalue weighted by Crippen LogP contribution is -2.19. The third-order valence-corrected chi connectivity index (χ3v) is 7.21. The van der Waals surface area contributed by atoms with Gasteiger partial charge in [-0.2, -0.15) is 5.10 Å². The Morgan fingerprint density at radius 2 is 2.00 bits per heavy atom. The number of aryl methyl sites for hydroxylation is 1. The van der Waals surface area contributed by atoms with E-state index < -0.39 is 21.1 Å². The zero-order chi connectivity index (χ0) is 20.1. The van der Waals surface area contributed by atoms with Crippen molar-refractivity contribution in [2.45, 2.75) is 31.4 Å². The normalized spacial score (nSPS) is 14.4. The van der Waals surface area contributed by atoms with Crippen molar-refractivity contribution in [3.8, 4) is 0 Å². The summed E-state index contributed by atoms with van der Waals surface area (Å²) < 4.78 is 43.0. The maximum absolute atomic E-state index is 15.4. The van der Waals surface area contributed by atoms with Gasteiger partial charge in [0, 0.05) is 27.4 Å². The highest BCUT2D eigenvalue weighted by Gasteiger charge is 2.36. The molecule has 0 bridgehead atoms. The minimum atomic E-state index is -3.58. The summed E-state index contributed by atoms with van der Waals surface area (Å²) in [6.45, 7) is 1.77. The molecule has 1 aliphatic carbocycles. The zero-order valence-corrected chi connectivity index (χ0v) is 17.2. The minimum absolute atomic E-state index is 0.0793. The van der Waals surface area contributed by atoms with E-state index in [9.17, 15) is 8.42 Å². The molecule has 4 rings (SSSR count). The number of nitrogens with one attached hydrogen (secondary N) is 1. The highest BCUT2D eigenvalue weighted by atomic mass is 35.5. The molecule has 9 heteroatoms. The standard InChI is InChI=1S/C19H16Cl2FN3O2S/c1-10-9-23-24-19-14(10)8-17(25-28(26,27)13-4-5-13)15(18(19)22)6-11-2-3-12(20)7-16(11)21/h2-3,7-9,13,25H,4-6H2,1H3. The van der Waals surface area contributed by atoms with Crippen molar-refractivity contribution in [1.82, 2.24) is 10.2 Å². The first-order chi connectivity index (χ1) is 13.3. The van der Waals surface area contributed by atoms with E-state index in [-0.39, 0.29) is 23.2 Å². The van der Waals surface area contributed by atoms with E-state index in [4.69, 9.17) is 23.2 Å². The Labute approximate surface area is 171 Å². The van der Waals surface area contributed by atoms with E-state index in [1.54, 1.807) is 31.2 Å². The first-order valence-electron chi connectivity index (χ1n) is 8.65. The molecule has 0 unspecified atom stereocenters. The average Bonchev–Trinajstić information content (AvgIpc) is 3.46. The second-order valence-electron chi connectivity index (χ2n) is 6.90. The molecule has 28 heavy (non-hydrogen) atoms. The molecule has 0 saturated heterocycles. The van der Waals surface area contributed by atoms with Crippen LogP contribution in [0.4, 0.5) is 10.1 Å². The number of halogens is 3. The van der Waals surface area contributed by atoms with Gasteiger partial charge in [0.1, 0.15) is 5.52 Å². The molecule has 3 aromatic rings. The highest BCUT2D eigenvalue weighted by Crippen LogP contribution is 2.35. The molecule has 0 atom stereocenters. The smallest absolute Gasteiger partial charge is 0.235 e. The summed E-state index contributed by atoms with van der Waals surface area (Å²) in [5, 5.41) is 8.64. The van der Waals surface area contributed by atoms with E-state index in [1.165, 1.54) is 6.20 Å². The van der Waals surface area contributed by atoms with E-state index in [2.05, 4.69) is 14.9 Å². The summed E-state index contributed by atoms with van der Waals surface area (Å²) in [5.74, 6) is -0.617. The van der Waals surface area contributed by atoms with Crippen LogP contribution in [0.5, 0.6) is 0 Å². The number of fused-ring (bicyclic) bond motifs is 1. The molecule has 1 aliphatic rings. The molecule has 146 valence electrons. The number of sulfonamides is 1. The number of nitrogens with zero attached hydrogens (tertiary/aromatic N) is 2. The van der Waals surface area contributed by atoms with Crippen LogP contribution in [0, 0.1) is 12.7 Å². The molecule has 1 aromatic heterocycles. The van der Waals surface area contributed by atoms with Crippen LogP contribution in [0.3, 0.4) is 0 Å². The second kappa shape index (κ2) is 7.13. The Morgan fingerprint density at radius 3 is 2.68 bits per heavy atom. The number of aromatic nitrogens is 2. The van der Waals surface area contributed by atoms with Crippen molar-refractivity contribution in [3.63, 3.8) is 0 Å². The Kier molecular flexibility index (Phi) is 4.93. The second-order valence-corrected chi connectivity index (χ2v) is 9.70. The third kappa shape index (κ3) is 3.66. The molecule has 0 radical (unpaired) electrons. The van der Waals surface area contributed by atoms with Gasteiger partial charge in [0.2, 0.25) is 10.0 Å². The fourth-order valence-corrected chi connectivity index (χ4v) is 4.94. The molecular weight excluding hydrogens is 424 g/mol. The summed E-state index contributed by atoms with van der Waals surface area (Å²) in [5.41, 5.74) is 1.78. The van der Waals surface area contributed by atoms with Gasteiger partial charge in [-0.05, 0) is 49.1 Å². The van der Waals surface area contributed by atoms with Crippen molar-refractivity contribution >= 4 is 49.8 Å². The summed E-state index contributed by atoms with van der Waals surface area (Å²) in [4.78, 5) is 0. The SMILES string of the molecule is Cc1cnnc2c(F)c(Cc3ccc(Cl)cc3Cl)c(NS(=O)(=O)C3CC3)cc12. The van der Waals surface area contributed by atoms with E-state index in [0.717, 1.165) is 0 Å². The van der Waals surface area contributed by atoms with Crippen LogP contribution in [-0.4, -0.2) is 23.9 Å². The van der Waals surface area contributed by atoms with Crippen LogP contribution in [0.15, 0.2) is 30.5 Å². The summed E-state index contributed by atoms with van der Waals surface area (Å²) in [6.07, 6.45) is 2.80. The van der Waals surface area contributed by atoms with Crippen LogP contribution in [0.2, 0.25) is 10.0 Å². The average molecular weight is 440 g/mol. The molecule has 5 nitrogen and oxygen atoms in total. The van der Waals surface area contributed by atoms with Crippen LogP contribution in [0.25, 0.3) is 10.9 Å². The molecular formula is C19H16Cl2FN3O2S. The fourth-order valence-electron chi connectivity index (χ4n) is 3.05. The molecule has 2 aromatic carbocycles. The molecule has 1 fully saturated rings. The zero-order valence-electron chi connectivity index (χ0n) is 14.8. The molecule has 1 heterocycles. The van der Waals surface area contributed by atoms with Gasteiger partial charge in [0.05, 0.1) is 17.1 Å². The van der Waals surface area contributed by atoms with Gasteiger partial charge in [-0.25, -0.2) is 12.8 Å². The van der Waals surface area contributed by atoms with Crippen LogP contribution in [-0.2, 0) is 16.4 Å². The Bertz CT molecular complexity index is 1200. The van der Waals surface area contributed by atoms with Gasteiger partial charge in [-0.15, -0.1) is 5.10 Å². The molecule has 0 amide bonds. The quantitative estimate of drug-likeness (QED) is 0.614. The number of hydrogen-bond acceptors (Lipinski definition) is 4. The number of anilines is 1. The maximum atomic E-state index is 15.4. The largest absolute Gasteiger partial charge is 0.283 e. The van der Waals surface area contributed by atoms with Gasteiger partial charge in [-0.3, -0.25) is 4.72 Å². The summed E-state index contributed by atoms with van der Waals surface area (Å²) >= 11 is 12.2. The monoisotopic (exact) mass is 439 g/mol. The Morgan fingerprint density at radius 1 is 1.25 bits per heavy atom. The summed E-state index contributed by atoms with van der Waals surface area (Å²) in [7, 11) is -3.58. The highest BCUT2D eigenvalue weighted by molar-refractivity contribution is 7.93. The van der Waals surface area contributed by atoms with Crippen LogP contribution < -0.4 is 4.72 Å². The lowest BCUT2D eigenvalue weighted by molar-refractivity contribution is 0.599. The Hall–Kier alpha value is -1.96. The van der Waals surface area contributed by atoms with Crippen molar-refractivity contribution < 1.29 is 12.8 Å². The van der Waals surface area contributed by atoms with Crippen LogP contribution >= 0.6 is 23.2 Å².